The van der Waals surface area contributed by atoms with Gasteiger partial charge in [0.2, 0.25) is 0 Å². The van der Waals surface area contributed by atoms with Crippen molar-refractivity contribution >= 4 is 17.0 Å². The number of oxazole rings is 1. The number of nitrogens with zero attached hydrogens (tertiary/aromatic N) is 2. The summed E-state index contributed by atoms with van der Waals surface area (Å²) >= 11 is 0. The van der Waals surface area contributed by atoms with Gasteiger partial charge in [-0.2, -0.15) is 0 Å². The maximum atomic E-state index is 12.3. The molecule has 1 saturated heterocycles. The number of fused-ring (bicyclic) bond motifs is 1. The fraction of sp³-hybridized carbons (Fsp3) is 0.333. The molecule has 0 radical (unpaired) electrons. The molecule has 4 rings (SSSR count). The Labute approximate surface area is 138 Å². The van der Waals surface area contributed by atoms with Gasteiger partial charge in [-0.1, -0.05) is 6.07 Å². The van der Waals surface area contributed by atoms with Crippen LogP contribution in [-0.4, -0.2) is 28.5 Å². The molecular formula is C18H18N2O4. The summed E-state index contributed by atoms with van der Waals surface area (Å²) in [4.78, 5) is 26.3. The monoisotopic (exact) mass is 326 g/mol. The number of carbonyl (C=O) groups is 1. The zero-order valence-corrected chi connectivity index (χ0v) is 13.4. The first-order valence-corrected chi connectivity index (χ1v) is 8.08. The summed E-state index contributed by atoms with van der Waals surface area (Å²) in [5, 5.41) is 0. The van der Waals surface area contributed by atoms with E-state index < -0.39 is 0 Å². The molecule has 1 aromatic carbocycles. The minimum atomic E-state index is -0.327. The number of aromatic nitrogens is 1. The van der Waals surface area contributed by atoms with Gasteiger partial charge in [0, 0.05) is 19.1 Å². The zero-order valence-electron chi connectivity index (χ0n) is 13.4. The van der Waals surface area contributed by atoms with Crippen LogP contribution in [0.1, 0.15) is 35.0 Å². The first-order valence-electron chi connectivity index (χ1n) is 8.08. The van der Waals surface area contributed by atoms with E-state index in [-0.39, 0.29) is 17.7 Å². The van der Waals surface area contributed by atoms with Gasteiger partial charge in [0.15, 0.2) is 11.3 Å². The molecule has 0 aliphatic carbocycles. The number of aryl methyl sites for hydroxylation is 1. The van der Waals surface area contributed by atoms with Crippen molar-refractivity contribution in [2.45, 2.75) is 25.8 Å². The number of rotatable bonds is 2. The van der Waals surface area contributed by atoms with E-state index in [0.29, 0.717) is 24.4 Å². The second-order valence-electron chi connectivity index (χ2n) is 6.21. The summed E-state index contributed by atoms with van der Waals surface area (Å²) in [5.74, 6) is -0.0697. The van der Waals surface area contributed by atoms with E-state index >= 15 is 0 Å². The Morgan fingerprint density at radius 3 is 2.71 bits per heavy atom. The summed E-state index contributed by atoms with van der Waals surface area (Å²) < 4.78 is 12.3. The van der Waals surface area contributed by atoms with Crippen molar-refractivity contribution in [3.63, 3.8) is 0 Å². The molecule has 1 aliphatic heterocycles. The van der Waals surface area contributed by atoms with E-state index in [1.54, 1.807) is 21.6 Å². The Hall–Kier alpha value is -2.76. The van der Waals surface area contributed by atoms with Gasteiger partial charge in [-0.05, 0) is 49.6 Å². The number of hydrogen-bond acceptors (Lipinski definition) is 4. The lowest BCUT2D eigenvalue weighted by atomic mass is 10.0. The average Bonchev–Trinajstić information content (AvgIpc) is 3.21. The lowest BCUT2D eigenvalue weighted by Gasteiger charge is -2.31. The Bertz CT molecular complexity index is 928. The molecule has 24 heavy (non-hydrogen) atoms. The Morgan fingerprint density at radius 1 is 1.21 bits per heavy atom. The van der Waals surface area contributed by atoms with Crippen LogP contribution < -0.4 is 5.76 Å². The normalized spacial score (nSPS) is 16.0. The Balaban J connectivity index is 1.55. The van der Waals surface area contributed by atoms with Gasteiger partial charge >= 0.3 is 5.76 Å². The number of benzene rings is 1. The van der Waals surface area contributed by atoms with Crippen LogP contribution in [0.15, 0.2) is 50.2 Å². The van der Waals surface area contributed by atoms with Crippen LogP contribution in [-0.2, 0) is 0 Å². The second kappa shape index (κ2) is 5.70. The second-order valence-corrected chi connectivity index (χ2v) is 6.21. The van der Waals surface area contributed by atoms with Gasteiger partial charge in [0.25, 0.3) is 5.91 Å². The predicted molar refractivity (Wildman–Crippen MR) is 88.1 cm³/mol. The molecule has 1 fully saturated rings. The van der Waals surface area contributed by atoms with Crippen molar-refractivity contribution in [3.8, 4) is 0 Å². The van der Waals surface area contributed by atoms with Gasteiger partial charge in [-0.15, -0.1) is 0 Å². The Kier molecular flexibility index (Phi) is 3.52. The van der Waals surface area contributed by atoms with Gasteiger partial charge in [0.05, 0.1) is 11.8 Å². The average molecular weight is 326 g/mol. The number of amides is 1. The van der Waals surface area contributed by atoms with Crippen LogP contribution >= 0.6 is 0 Å². The molecule has 0 bridgehead atoms. The lowest BCUT2D eigenvalue weighted by molar-refractivity contribution is 0.0662. The highest BCUT2D eigenvalue weighted by atomic mass is 16.4. The summed E-state index contributed by atoms with van der Waals surface area (Å²) in [6, 6.07) is 9.20. The van der Waals surface area contributed by atoms with Crippen LogP contribution in [0.2, 0.25) is 0 Å². The third-order valence-corrected chi connectivity index (χ3v) is 4.62. The van der Waals surface area contributed by atoms with E-state index in [1.165, 1.54) is 6.26 Å². The molecular weight excluding hydrogens is 308 g/mol. The summed E-state index contributed by atoms with van der Waals surface area (Å²) in [5.41, 5.74) is 2.50. The molecule has 1 aliphatic rings. The number of piperidine rings is 1. The fourth-order valence-electron chi connectivity index (χ4n) is 3.37. The van der Waals surface area contributed by atoms with Crippen molar-refractivity contribution in [2.75, 3.05) is 13.1 Å². The van der Waals surface area contributed by atoms with Crippen molar-refractivity contribution in [1.29, 1.82) is 0 Å². The van der Waals surface area contributed by atoms with E-state index in [0.717, 1.165) is 23.9 Å². The van der Waals surface area contributed by atoms with Crippen LogP contribution in [0, 0.1) is 6.92 Å². The van der Waals surface area contributed by atoms with E-state index in [9.17, 15) is 9.59 Å². The van der Waals surface area contributed by atoms with Gasteiger partial charge in [0.1, 0.15) is 0 Å². The molecule has 2 aromatic heterocycles. The molecule has 0 N–H and O–H groups in total. The van der Waals surface area contributed by atoms with Gasteiger partial charge < -0.3 is 13.7 Å². The molecule has 124 valence electrons. The third-order valence-electron chi connectivity index (χ3n) is 4.62. The van der Waals surface area contributed by atoms with E-state index in [4.69, 9.17) is 8.83 Å². The van der Waals surface area contributed by atoms with E-state index in [1.807, 2.05) is 25.1 Å². The highest BCUT2D eigenvalue weighted by Gasteiger charge is 2.28. The number of hydrogen-bond donors (Lipinski definition) is 0. The highest BCUT2D eigenvalue weighted by Crippen LogP contribution is 2.26. The minimum Gasteiger partial charge on any atom is -0.459 e. The van der Waals surface area contributed by atoms with Gasteiger partial charge in [-0.3, -0.25) is 9.36 Å². The largest absolute Gasteiger partial charge is 0.459 e. The minimum absolute atomic E-state index is 0.0436. The first-order chi connectivity index (χ1) is 11.6. The predicted octanol–water partition coefficient (Wildman–Crippen LogP) is 2.97. The van der Waals surface area contributed by atoms with Crippen molar-refractivity contribution in [3.05, 3.63) is 58.5 Å². The lowest BCUT2D eigenvalue weighted by Crippen LogP contribution is -2.40. The maximum absolute atomic E-state index is 12.3. The zero-order chi connectivity index (χ0) is 16.7. The van der Waals surface area contributed by atoms with Crippen LogP contribution in [0.5, 0.6) is 0 Å². The highest BCUT2D eigenvalue weighted by molar-refractivity contribution is 5.91. The molecule has 3 heterocycles. The number of furan rings is 1. The maximum Gasteiger partial charge on any atom is 0.420 e. The van der Waals surface area contributed by atoms with Gasteiger partial charge in [-0.25, -0.2) is 4.79 Å². The number of likely N-dealkylation sites (tertiary alicyclic amines) is 1. The fourth-order valence-corrected chi connectivity index (χ4v) is 3.37. The first kappa shape index (κ1) is 14.8. The molecule has 0 spiro atoms. The van der Waals surface area contributed by atoms with Crippen molar-refractivity contribution in [1.82, 2.24) is 9.47 Å². The van der Waals surface area contributed by atoms with Crippen molar-refractivity contribution < 1.29 is 13.6 Å². The molecule has 6 heteroatoms. The number of carbonyl (C=O) groups excluding carboxylic acids is 1. The van der Waals surface area contributed by atoms with Crippen LogP contribution in [0.25, 0.3) is 11.1 Å². The SMILES string of the molecule is Cc1ccc2c(c1)oc(=O)n2C1CCN(C(=O)c2ccco2)CC1. The standard InChI is InChI=1S/C18H18N2O4/c1-12-4-5-14-16(11-12)24-18(22)20(14)13-6-8-19(9-7-13)17(21)15-3-2-10-23-15/h2-5,10-11,13H,6-9H2,1H3. The van der Waals surface area contributed by atoms with E-state index in [2.05, 4.69) is 0 Å². The van der Waals surface area contributed by atoms with Crippen LogP contribution in [0.3, 0.4) is 0 Å². The summed E-state index contributed by atoms with van der Waals surface area (Å²) in [7, 11) is 0. The van der Waals surface area contributed by atoms with Crippen LogP contribution in [0.4, 0.5) is 0 Å². The molecule has 0 atom stereocenters. The Morgan fingerprint density at radius 2 is 2.00 bits per heavy atom. The third kappa shape index (κ3) is 2.44. The molecule has 0 saturated carbocycles. The topological polar surface area (TPSA) is 68.6 Å². The summed E-state index contributed by atoms with van der Waals surface area (Å²) in [6.45, 7) is 3.15. The quantitative estimate of drug-likeness (QED) is 0.726. The smallest absolute Gasteiger partial charge is 0.420 e. The molecule has 6 nitrogen and oxygen atoms in total. The molecule has 0 unspecified atom stereocenters. The summed E-state index contributed by atoms with van der Waals surface area (Å²) in [6.07, 6.45) is 2.93. The van der Waals surface area contributed by atoms with Crippen molar-refractivity contribution in [2.24, 2.45) is 0 Å². The molecule has 1 amide bonds. The molecule has 3 aromatic rings.